The molecule has 0 heterocycles. The van der Waals surface area contributed by atoms with E-state index in [-0.39, 0.29) is 19.8 Å². The summed E-state index contributed by atoms with van der Waals surface area (Å²) in [6, 6.07) is 2.15. The van der Waals surface area contributed by atoms with Gasteiger partial charge in [-0.3, -0.25) is 0 Å². The summed E-state index contributed by atoms with van der Waals surface area (Å²) in [7, 11) is -10.8. The minimum absolute atomic E-state index is 0.0756. The largest absolute Gasteiger partial charge is 0.512 e. The highest BCUT2D eigenvalue weighted by atomic mass is 28.5. The molecule has 0 rings (SSSR count). The summed E-state index contributed by atoms with van der Waals surface area (Å²) in [6.45, 7) is 18.1. The van der Waals surface area contributed by atoms with Crippen LogP contribution in [0.15, 0.2) is 12.7 Å². The van der Waals surface area contributed by atoms with Gasteiger partial charge in [0.05, 0.1) is 0 Å². The molecule has 0 bridgehead atoms. The van der Waals surface area contributed by atoms with Gasteiger partial charge in [-0.05, 0) is 83.1 Å². The van der Waals surface area contributed by atoms with Crippen LogP contribution < -0.4 is 0 Å². The molecule has 12 heteroatoms. The molecule has 0 aromatic rings. The van der Waals surface area contributed by atoms with Crippen molar-refractivity contribution in [2.45, 2.75) is 95.7 Å². The van der Waals surface area contributed by atoms with Crippen molar-refractivity contribution in [3.63, 3.8) is 0 Å². The van der Waals surface area contributed by atoms with E-state index in [4.69, 9.17) is 17.1 Å². The molecule has 0 saturated carbocycles. The fourth-order valence-electron chi connectivity index (χ4n) is 3.68. The van der Waals surface area contributed by atoms with Crippen molar-refractivity contribution in [1.29, 1.82) is 0 Å². The number of aliphatic hydroxyl groups is 3. The van der Waals surface area contributed by atoms with Crippen molar-refractivity contribution < 1.29 is 37.2 Å². The van der Waals surface area contributed by atoms with E-state index in [1.165, 1.54) is 0 Å². The van der Waals surface area contributed by atoms with Crippen LogP contribution in [-0.2, 0) is 21.9 Å². The number of esters is 1. The third kappa shape index (κ3) is 12.9. The summed E-state index contributed by atoms with van der Waals surface area (Å²) in [5.41, 5.74) is -0.689. The molecule has 0 aliphatic rings. The molecule has 0 aliphatic heterocycles. The number of carbonyl (C=O) groups is 1. The molecule has 1 unspecified atom stereocenters. The summed E-state index contributed by atoms with van der Waals surface area (Å²) < 4.78 is 26.6. The van der Waals surface area contributed by atoms with Crippen molar-refractivity contribution in [3.8, 4) is 0 Å². The number of hydrogen-bond donors (Lipinski definition) is 3. The maximum Gasteiger partial charge on any atom is 0.512 e. The lowest BCUT2D eigenvalue weighted by atomic mass is 10.5. The molecule has 0 amide bonds. The maximum atomic E-state index is 12.3. The fourth-order valence-corrected chi connectivity index (χ4v) is 21.1. The van der Waals surface area contributed by atoms with Crippen molar-refractivity contribution in [1.82, 2.24) is 0 Å². The van der Waals surface area contributed by atoms with Crippen molar-refractivity contribution in [2.24, 2.45) is 0 Å². The van der Waals surface area contributed by atoms with Crippen LogP contribution in [0.5, 0.6) is 0 Å². The van der Waals surface area contributed by atoms with Crippen LogP contribution in [0, 0.1) is 0 Å². The molecular weight excluding hydrogens is 493 g/mol. The van der Waals surface area contributed by atoms with E-state index in [2.05, 4.69) is 45.9 Å². The third-order valence-electron chi connectivity index (χ3n) is 5.26. The molecule has 8 nitrogen and oxygen atoms in total. The minimum Gasteiger partial charge on any atom is -0.455 e. The average Bonchev–Trinajstić information content (AvgIpc) is 2.71. The smallest absolute Gasteiger partial charge is 0.455 e. The third-order valence-corrected chi connectivity index (χ3v) is 21.3. The molecular formula is C21H48O8Si4. The number of carbonyl (C=O) groups excluding carboxylic acids is 1. The Morgan fingerprint density at radius 3 is 1.36 bits per heavy atom. The Bertz CT molecular complexity index is 532. The Balaban J connectivity index is 6.55. The maximum absolute atomic E-state index is 12.3. The molecule has 0 spiro atoms. The Labute approximate surface area is 205 Å². The monoisotopic (exact) mass is 540 g/mol. The van der Waals surface area contributed by atoms with Crippen LogP contribution in [0.25, 0.3) is 0 Å². The summed E-state index contributed by atoms with van der Waals surface area (Å²) in [4.78, 5) is 12.3. The molecule has 0 aromatic carbocycles. The first kappa shape index (κ1) is 32.8. The van der Waals surface area contributed by atoms with Gasteiger partial charge in [0.15, 0.2) is 30.7 Å². The van der Waals surface area contributed by atoms with E-state index in [0.29, 0.717) is 43.8 Å². The van der Waals surface area contributed by atoms with E-state index in [9.17, 15) is 20.1 Å². The number of hydrogen-bond acceptors (Lipinski definition) is 8. The van der Waals surface area contributed by atoms with E-state index >= 15 is 0 Å². The lowest BCUT2D eigenvalue weighted by molar-refractivity contribution is -0.141. The molecule has 1 atom stereocenters. The average molecular weight is 541 g/mol. The van der Waals surface area contributed by atoms with Crippen molar-refractivity contribution in [3.05, 3.63) is 12.7 Å². The lowest BCUT2D eigenvalue weighted by Crippen LogP contribution is -2.68. The highest BCUT2D eigenvalue weighted by Gasteiger charge is 2.59. The first-order valence-electron chi connectivity index (χ1n) is 12.0. The van der Waals surface area contributed by atoms with Gasteiger partial charge in [0.2, 0.25) is 0 Å². The summed E-state index contributed by atoms with van der Waals surface area (Å²) >= 11 is 0. The zero-order valence-electron chi connectivity index (χ0n) is 21.8. The molecule has 0 radical (unpaired) electrons. The normalized spacial score (nSPS) is 14.2. The number of aliphatic hydroxyl groups excluding tert-OH is 3. The highest BCUT2D eigenvalue weighted by molar-refractivity contribution is 6.91. The van der Waals surface area contributed by atoms with Crippen LogP contribution in [-0.4, -0.2) is 80.6 Å². The summed E-state index contributed by atoms with van der Waals surface area (Å²) in [5.74, 6) is -0.547. The van der Waals surface area contributed by atoms with Crippen molar-refractivity contribution >= 4 is 39.7 Å². The van der Waals surface area contributed by atoms with E-state index in [1.54, 1.807) is 0 Å². The second-order valence-electron chi connectivity index (χ2n) is 10.2. The van der Waals surface area contributed by atoms with Crippen LogP contribution in [0.4, 0.5) is 0 Å². The molecule has 0 aromatic heterocycles. The predicted molar refractivity (Wildman–Crippen MR) is 141 cm³/mol. The van der Waals surface area contributed by atoms with Gasteiger partial charge in [0, 0.05) is 25.9 Å². The molecule has 3 N–H and O–H groups in total. The topological polar surface area (TPSA) is 115 Å². The Morgan fingerprint density at radius 2 is 1.12 bits per heavy atom. The van der Waals surface area contributed by atoms with Crippen LogP contribution >= 0.6 is 0 Å². The van der Waals surface area contributed by atoms with Gasteiger partial charge >= 0.3 is 14.8 Å². The number of ether oxygens (including phenoxy) is 1. The van der Waals surface area contributed by atoms with Crippen LogP contribution in [0.3, 0.4) is 0 Å². The van der Waals surface area contributed by atoms with Gasteiger partial charge in [-0.15, -0.1) is 0 Å². The van der Waals surface area contributed by atoms with Gasteiger partial charge in [-0.25, -0.2) is 4.79 Å². The van der Waals surface area contributed by atoms with Gasteiger partial charge in [0.1, 0.15) is 0 Å². The number of rotatable bonds is 19. The molecule has 196 valence electrons. The quantitative estimate of drug-likeness (QED) is 0.129. The van der Waals surface area contributed by atoms with Crippen LogP contribution in [0.1, 0.15) is 32.6 Å². The van der Waals surface area contributed by atoms with Gasteiger partial charge < -0.3 is 32.4 Å². The molecule has 33 heavy (non-hydrogen) atoms. The van der Waals surface area contributed by atoms with E-state index in [0.717, 1.165) is 6.08 Å². The molecule has 0 aliphatic carbocycles. The molecule has 0 fully saturated rings. The Morgan fingerprint density at radius 1 is 0.788 bits per heavy atom. The Hall–Kier alpha value is -0.162. The zero-order valence-corrected chi connectivity index (χ0v) is 25.8. The van der Waals surface area contributed by atoms with E-state index in [1.807, 2.05) is 6.92 Å². The lowest BCUT2D eigenvalue weighted by Gasteiger charge is -2.47. The second kappa shape index (κ2) is 15.1. The standard InChI is InChI=1S/C21H48O8Si4/c1-9-20(25)26-21(10-2)33(27-30(3,4)17-11-14-22,28-31(5,6)18-12-15-23)29-32(7,8)19-13-16-24/h9,21-24H,1,10-19H2,2-8H3. The van der Waals surface area contributed by atoms with Gasteiger partial charge in [-0.1, -0.05) is 13.5 Å². The van der Waals surface area contributed by atoms with E-state index < -0.39 is 45.5 Å². The SMILES string of the molecule is C=CC(=O)OC(CC)[Si](O[Si](C)(C)CCCO)(O[Si](C)(C)CCCO)O[Si](C)(C)CCCO. The first-order valence-corrected chi connectivity index (χ1v) is 23.1. The van der Waals surface area contributed by atoms with Gasteiger partial charge in [0.25, 0.3) is 0 Å². The predicted octanol–water partition coefficient (Wildman–Crippen LogP) is 3.78. The zero-order chi connectivity index (χ0) is 25.8. The summed E-state index contributed by atoms with van der Waals surface area (Å²) in [6.07, 6.45) is 3.45. The highest BCUT2D eigenvalue weighted by Crippen LogP contribution is 2.35. The summed E-state index contributed by atoms with van der Waals surface area (Å²) in [5, 5.41) is 28.2. The first-order chi connectivity index (χ1) is 15.2. The van der Waals surface area contributed by atoms with Crippen LogP contribution in [0.2, 0.25) is 57.4 Å². The molecule has 0 saturated heterocycles. The minimum atomic E-state index is -3.61. The van der Waals surface area contributed by atoms with Gasteiger partial charge in [-0.2, -0.15) is 0 Å². The fraction of sp³-hybridized carbons (Fsp3) is 0.857. The second-order valence-corrected chi connectivity index (χ2v) is 26.6. The van der Waals surface area contributed by atoms with Crippen molar-refractivity contribution in [2.75, 3.05) is 19.8 Å². The Kier molecular flexibility index (Phi) is 15.0.